The highest BCUT2D eigenvalue weighted by atomic mass is 19.1. The van der Waals surface area contributed by atoms with E-state index in [1.54, 1.807) is 24.5 Å². The lowest BCUT2D eigenvalue weighted by Crippen LogP contribution is -2.50. The molecule has 150 valence electrons. The first kappa shape index (κ1) is 18.9. The first-order valence-electron chi connectivity index (χ1n) is 9.72. The van der Waals surface area contributed by atoms with Crippen molar-refractivity contribution in [3.63, 3.8) is 0 Å². The monoisotopic (exact) mass is 386 g/mol. The van der Waals surface area contributed by atoms with Gasteiger partial charge in [0.25, 0.3) is 0 Å². The zero-order chi connectivity index (χ0) is 19.7. The van der Waals surface area contributed by atoms with Crippen LogP contribution in [0.3, 0.4) is 0 Å². The van der Waals surface area contributed by atoms with Gasteiger partial charge in [0.2, 0.25) is 5.95 Å². The number of rotatable bonds is 3. The van der Waals surface area contributed by atoms with Crippen molar-refractivity contribution in [3.8, 4) is 11.1 Å². The van der Waals surface area contributed by atoms with Crippen LogP contribution in [0.25, 0.3) is 11.1 Å². The second-order valence-corrected chi connectivity index (χ2v) is 7.54. The van der Waals surface area contributed by atoms with Gasteiger partial charge < -0.3 is 25.2 Å². The number of halogens is 1. The van der Waals surface area contributed by atoms with Gasteiger partial charge in [0.15, 0.2) is 0 Å². The lowest BCUT2D eigenvalue weighted by atomic mass is 10.0. The van der Waals surface area contributed by atoms with Crippen LogP contribution in [0.2, 0.25) is 0 Å². The summed E-state index contributed by atoms with van der Waals surface area (Å²) in [5.41, 5.74) is 8.68. The van der Waals surface area contributed by atoms with E-state index in [0.29, 0.717) is 42.0 Å². The van der Waals surface area contributed by atoms with E-state index < -0.39 is 0 Å². The summed E-state index contributed by atoms with van der Waals surface area (Å²) in [4.78, 5) is 15.4. The lowest BCUT2D eigenvalue weighted by Gasteiger charge is -2.39. The zero-order valence-electron chi connectivity index (χ0n) is 16.4. The summed E-state index contributed by atoms with van der Waals surface area (Å²) in [6.45, 7) is 7.63. The van der Waals surface area contributed by atoms with Gasteiger partial charge >= 0.3 is 0 Å². The van der Waals surface area contributed by atoms with E-state index >= 15 is 0 Å². The largest absolute Gasteiger partial charge is 0.397 e. The molecule has 2 N–H and O–H groups in total. The maximum absolute atomic E-state index is 14.9. The van der Waals surface area contributed by atoms with Crippen molar-refractivity contribution in [2.24, 2.45) is 0 Å². The van der Waals surface area contributed by atoms with Gasteiger partial charge in [-0.2, -0.15) is 0 Å². The van der Waals surface area contributed by atoms with Crippen molar-refractivity contribution in [1.29, 1.82) is 0 Å². The van der Waals surface area contributed by atoms with Gasteiger partial charge in [-0.15, -0.1) is 0 Å². The van der Waals surface area contributed by atoms with E-state index in [4.69, 9.17) is 10.5 Å². The Hall–Kier alpha value is -2.45. The first-order valence-corrected chi connectivity index (χ1v) is 9.72. The second kappa shape index (κ2) is 7.89. The summed E-state index contributed by atoms with van der Waals surface area (Å²) in [5, 5.41) is 0. The SMILES string of the molecule is CC1CN(c2cc(F)c(-c3cnc(N4CCOCC4)nc3)cc2N)CCN1C. The molecule has 2 fully saturated rings. The highest BCUT2D eigenvalue weighted by Gasteiger charge is 2.23. The number of morpholine rings is 1. The maximum atomic E-state index is 14.9. The third-order valence-electron chi connectivity index (χ3n) is 5.66. The highest BCUT2D eigenvalue weighted by Crippen LogP contribution is 2.33. The van der Waals surface area contributed by atoms with Crippen LogP contribution in [0, 0.1) is 5.82 Å². The number of piperazine rings is 1. The standard InChI is InChI=1S/C20H27FN6O/c1-14-13-27(4-3-25(14)2)19-10-17(21)16(9-18(19)22)15-11-23-20(24-12-15)26-5-7-28-8-6-26/h9-12,14H,3-8,13,22H2,1-2H3. The molecule has 3 heterocycles. The molecule has 4 rings (SSSR count). The molecule has 1 aromatic carbocycles. The summed E-state index contributed by atoms with van der Waals surface area (Å²) in [7, 11) is 2.11. The molecule has 2 saturated heterocycles. The normalized spacial score (nSPS) is 21.2. The quantitative estimate of drug-likeness (QED) is 0.807. The number of anilines is 3. The van der Waals surface area contributed by atoms with Crippen LogP contribution in [-0.2, 0) is 4.74 Å². The van der Waals surface area contributed by atoms with Crippen molar-refractivity contribution >= 4 is 17.3 Å². The summed E-state index contributed by atoms with van der Waals surface area (Å²) in [6.07, 6.45) is 3.32. The van der Waals surface area contributed by atoms with E-state index in [0.717, 1.165) is 38.4 Å². The minimum atomic E-state index is -0.307. The molecular weight excluding hydrogens is 359 g/mol. The molecule has 8 heteroatoms. The van der Waals surface area contributed by atoms with Crippen LogP contribution in [-0.4, -0.2) is 73.9 Å². The first-order chi connectivity index (χ1) is 13.5. The fourth-order valence-corrected chi connectivity index (χ4v) is 3.73. The molecule has 1 aromatic heterocycles. The molecule has 0 aliphatic carbocycles. The molecule has 2 aliphatic heterocycles. The average molecular weight is 386 g/mol. The summed E-state index contributed by atoms with van der Waals surface area (Å²) < 4.78 is 20.3. The van der Waals surface area contributed by atoms with Crippen LogP contribution in [0.4, 0.5) is 21.7 Å². The van der Waals surface area contributed by atoms with Crippen LogP contribution in [0.1, 0.15) is 6.92 Å². The fourth-order valence-electron chi connectivity index (χ4n) is 3.73. The summed E-state index contributed by atoms with van der Waals surface area (Å²) >= 11 is 0. The van der Waals surface area contributed by atoms with Crippen LogP contribution < -0.4 is 15.5 Å². The van der Waals surface area contributed by atoms with Crippen molar-refractivity contribution in [2.45, 2.75) is 13.0 Å². The summed E-state index contributed by atoms with van der Waals surface area (Å²) in [5.74, 6) is 0.335. The molecule has 0 amide bonds. The Morgan fingerprint density at radius 3 is 2.46 bits per heavy atom. The number of hydrogen-bond acceptors (Lipinski definition) is 7. The Kier molecular flexibility index (Phi) is 5.32. The summed E-state index contributed by atoms with van der Waals surface area (Å²) in [6, 6.07) is 3.64. The molecule has 1 atom stereocenters. The topological polar surface area (TPSA) is 70.8 Å². The smallest absolute Gasteiger partial charge is 0.225 e. The third kappa shape index (κ3) is 3.74. The number of aromatic nitrogens is 2. The molecule has 0 bridgehead atoms. The molecule has 0 radical (unpaired) electrons. The number of nitrogen functional groups attached to an aromatic ring is 1. The molecule has 1 unspecified atom stereocenters. The van der Waals surface area contributed by atoms with Crippen molar-refractivity contribution in [3.05, 3.63) is 30.3 Å². The zero-order valence-corrected chi connectivity index (χ0v) is 16.4. The number of ether oxygens (including phenoxy) is 1. The van der Waals surface area contributed by atoms with Crippen LogP contribution >= 0.6 is 0 Å². The van der Waals surface area contributed by atoms with E-state index in [-0.39, 0.29) is 5.82 Å². The van der Waals surface area contributed by atoms with Crippen molar-refractivity contribution in [2.75, 3.05) is 68.5 Å². The number of nitrogens with two attached hydrogens (primary N) is 1. The van der Waals surface area contributed by atoms with Crippen molar-refractivity contribution in [1.82, 2.24) is 14.9 Å². The average Bonchev–Trinajstić information content (AvgIpc) is 2.72. The molecule has 7 nitrogen and oxygen atoms in total. The van der Waals surface area contributed by atoms with E-state index in [1.165, 1.54) is 0 Å². The van der Waals surface area contributed by atoms with E-state index in [9.17, 15) is 4.39 Å². The number of nitrogens with zero attached hydrogens (tertiary/aromatic N) is 5. The molecule has 2 aliphatic rings. The Balaban J connectivity index is 1.56. The third-order valence-corrected chi connectivity index (χ3v) is 5.66. The minimum Gasteiger partial charge on any atom is -0.397 e. The van der Waals surface area contributed by atoms with Gasteiger partial charge in [-0.25, -0.2) is 14.4 Å². The number of benzene rings is 1. The Morgan fingerprint density at radius 2 is 1.79 bits per heavy atom. The molecule has 28 heavy (non-hydrogen) atoms. The molecule has 2 aromatic rings. The fraction of sp³-hybridized carbons (Fsp3) is 0.500. The van der Waals surface area contributed by atoms with E-state index in [2.05, 4.69) is 38.6 Å². The van der Waals surface area contributed by atoms with Gasteiger partial charge in [-0.1, -0.05) is 0 Å². The van der Waals surface area contributed by atoms with Gasteiger partial charge in [-0.3, -0.25) is 0 Å². The number of likely N-dealkylation sites (N-methyl/N-ethyl adjacent to an activating group) is 1. The molecule has 0 saturated carbocycles. The van der Waals surface area contributed by atoms with Gasteiger partial charge in [0, 0.05) is 62.3 Å². The van der Waals surface area contributed by atoms with Gasteiger partial charge in [-0.05, 0) is 26.1 Å². The minimum absolute atomic E-state index is 0.307. The second-order valence-electron chi connectivity index (χ2n) is 7.54. The number of hydrogen-bond donors (Lipinski definition) is 1. The highest BCUT2D eigenvalue weighted by molar-refractivity contribution is 5.77. The predicted molar refractivity (Wildman–Crippen MR) is 109 cm³/mol. The predicted octanol–water partition coefficient (Wildman–Crippen LogP) is 1.84. The molecule has 0 spiro atoms. The lowest BCUT2D eigenvalue weighted by molar-refractivity contribution is 0.122. The van der Waals surface area contributed by atoms with Crippen LogP contribution in [0.15, 0.2) is 24.5 Å². The Bertz CT molecular complexity index is 824. The Labute approximate surface area is 164 Å². The maximum Gasteiger partial charge on any atom is 0.225 e. The molecular formula is C20H27FN6O. The Morgan fingerprint density at radius 1 is 1.07 bits per heavy atom. The van der Waals surface area contributed by atoms with Crippen molar-refractivity contribution < 1.29 is 9.13 Å². The van der Waals surface area contributed by atoms with Gasteiger partial charge in [0.1, 0.15) is 5.82 Å². The van der Waals surface area contributed by atoms with Gasteiger partial charge in [0.05, 0.1) is 24.6 Å². The van der Waals surface area contributed by atoms with Crippen LogP contribution in [0.5, 0.6) is 0 Å². The van der Waals surface area contributed by atoms with E-state index in [1.807, 2.05) is 0 Å².